The van der Waals surface area contributed by atoms with Gasteiger partial charge in [0.25, 0.3) is 0 Å². The summed E-state index contributed by atoms with van der Waals surface area (Å²) in [7, 11) is 0. The molecule has 0 aromatic carbocycles. The predicted molar refractivity (Wildman–Crippen MR) is 67.3 cm³/mol. The Balaban J connectivity index is 1.73. The van der Waals surface area contributed by atoms with Crippen LogP contribution in [-0.4, -0.2) is 42.8 Å². The normalized spacial score (nSPS) is 31.2. The van der Waals surface area contributed by atoms with Crippen LogP contribution in [0.2, 0.25) is 0 Å². The van der Waals surface area contributed by atoms with E-state index in [-0.39, 0.29) is 5.96 Å². The monoisotopic (exact) mass is 222 g/mol. The molecule has 1 saturated heterocycles. The van der Waals surface area contributed by atoms with E-state index in [4.69, 9.17) is 5.41 Å². The zero-order valence-electron chi connectivity index (χ0n) is 9.91. The molecule has 2 fully saturated rings. The zero-order chi connectivity index (χ0) is 11.4. The second-order valence-electron chi connectivity index (χ2n) is 4.90. The molecule has 90 valence electrons. The van der Waals surface area contributed by atoms with E-state index in [0.29, 0.717) is 6.04 Å². The predicted octanol–water partition coefficient (Wildman–Crippen LogP) is 1.62. The van der Waals surface area contributed by atoms with Gasteiger partial charge in [-0.15, -0.1) is 0 Å². The molecular formula is C12H22N4. The quantitative estimate of drug-likeness (QED) is 0.551. The Hall–Kier alpha value is -0.900. The molecule has 16 heavy (non-hydrogen) atoms. The molecule has 4 heteroatoms. The van der Waals surface area contributed by atoms with E-state index in [1.54, 1.807) is 0 Å². The van der Waals surface area contributed by atoms with Gasteiger partial charge in [0, 0.05) is 12.1 Å². The third kappa shape index (κ3) is 2.82. The summed E-state index contributed by atoms with van der Waals surface area (Å²) in [6.45, 7) is 5.96. The molecule has 1 saturated carbocycles. The second-order valence-corrected chi connectivity index (χ2v) is 4.90. The summed E-state index contributed by atoms with van der Waals surface area (Å²) in [5, 5.41) is 10.6. The van der Waals surface area contributed by atoms with Crippen molar-refractivity contribution in [2.45, 2.75) is 50.6 Å². The number of nitrogens with one attached hydrogen (secondary N) is 2. The minimum absolute atomic E-state index is 0.227. The SMILES string of the molecule is C=NC(=N)N[C@H]1CC[C@H](N2CCCC2)CC1. The Morgan fingerprint density at radius 1 is 1.19 bits per heavy atom. The average Bonchev–Trinajstić information content (AvgIpc) is 2.83. The summed E-state index contributed by atoms with van der Waals surface area (Å²) in [5.41, 5.74) is 0. The van der Waals surface area contributed by atoms with E-state index in [1.165, 1.54) is 51.6 Å². The van der Waals surface area contributed by atoms with E-state index < -0.39 is 0 Å². The van der Waals surface area contributed by atoms with Gasteiger partial charge in [-0.25, -0.2) is 4.99 Å². The first-order valence-electron chi connectivity index (χ1n) is 6.35. The number of aliphatic imine (C=N–C) groups is 1. The number of rotatable bonds is 2. The number of likely N-dealkylation sites (tertiary alicyclic amines) is 1. The van der Waals surface area contributed by atoms with Crippen LogP contribution < -0.4 is 5.32 Å². The minimum Gasteiger partial charge on any atom is -0.352 e. The molecule has 0 radical (unpaired) electrons. The molecule has 2 rings (SSSR count). The van der Waals surface area contributed by atoms with Crippen LogP contribution >= 0.6 is 0 Å². The molecule has 0 atom stereocenters. The molecule has 1 heterocycles. The fraction of sp³-hybridized carbons (Fsp3) is 0.833. The highest BCUT2D eigenvalue weighted by Gasteiger charge is 2.27. The molecule has 0 unspecified atom stereocenters. The van der Waals surface area contributed by atoms with E-state index in [2.05, 4.69) is 21.9 Å². The molecule has 0 aromatic heterocycles. The van der Waals surface area contributed by atoms with Gasteiger partial charge in [-0.2, -0.15) is 0 Å². The van der Waals surface area contributed by atoms with Crippen molar-refractivity contribution in [1.82, 2.24) is 10.2 Å². The highest BCUT2D eigenvalue weighted by Crippen LogP contribution is 2.25. The molecular weight excluding hydrogens is 200 g/mol. The maximum atomic E-state index is 7.44. The van der Waals surface area contributed by atoms with Gasteiger partial charge in [0.1, 0.15) is 0 Å². The summed E-state index contributed by atoms with van der Waals surface area (Å²) in [5.74, 6) is 0.227. The van der Waals surface area contributed by atoms with Gasteiger partial charge in [0.15, 0.2) is 0 Å². The highest BCUT2D eigenvalue weighted by atomic mass is 15.2. The van der Waals surface area contributed by atoms with Crippen LogP contribution in [0.5, 0.6) is 0 Å². The summed E-state index contributed by atoms with van der Waals surface area (Å²) >= 11 is 0. The molecule has 0 amide bonds. The fourth-order valence-electron chi connectivity index (χ4n) is 2.93. The number of guanidine groups is 1. The van der Waals surface area contributed by atoms with Crippen LogP contribution in [-0.2, 0) is 0 Å². The standard InChI is InChI=1S/C12H22N4/c1-14-12(13)15-10-4-6-11(7-5-10)16-8-2-3-9-16/h10-11H,1-9H2,(H2,13,15)/t10-,11-. The van der Waals surface area contributed by atoms with Crippen molar-refractivity contribution in [3.05, 3.63) is 0 Å². The van der Waals surface area contributed by atoms with Crippen LogP contribution in [0.1, 0.15) is 38.5 Å². The summed E-state index contributed by atoms with van der Waals surface area (Å²) < 4.78 is 0. The lowest BCUT2D eigenvalue weighted by molar-refractivity contribution is 0.178. The van der Waals surface area contributed by atoms with Crippen LogP contribution in [0, 0.1) is 5.41 Å². The van der Waals surface area contributed by atoms with E-state index >= 15 is 0 Å². The van der Waals surface area contributed by atoms with Crippen LogP contribution in [0.15, 0.2) is 4.99 Å². The summed E-state index contributed by atoms with van der Waals surface area (Å²) in [6.07, 6.45) is 7.62. The van der Waals surface area contributed by atoms with Crippen molar-refractivity contribution in [2.24, 2.45) is 4.99 Å². The molecule has 0 spiro atoms. The van der Waals surface area contributed by atoms with Gasteiger partial charge in [0.2, 0.25) is 5.96 Å². The highest BCUT2D eigenvalue weighted by molar-refractivity contribution is 5.81. The molecule has 1 aliphatic carbocycles. The van der Waals surface area contributed by atoms with Gasteiger partial charge < -0.3 is 10.2 Å². The van der Waals surface area contributed by atoms with Gasteiger partial charge in [-0.1, -0.05) is 0 Å². The Kier molecular flexibility index (Phi) is 3.93. The summed E-state index contributed by atoms with van der Waals surface area (Å²) in [4.78, 5) is 6.24. The lowest BCUT2D eigenvalue weighted by Gasteiger charge is -2.34. The van der Waals surface area contributed by atoms with Crippen LogP contribution in [0.3, 0.4) is 0 Å². The van der Waals surface area contributed by atoms with Crippen molar-refractivity contribution < 1.29 is 0 Å². The fourth-order valence-corrected chi connectivity index (χ4v) is 2.93. The smallest absolute Gasteiger partial charge is 0.214 e. The van der Waals surface area contributed by atoms with E-state index in [0.717, 1.165) is 6.04 Å². The van der Waals surface area contributed by atoms with Crippen LogP contribution in [0.4, 0.5) is 0 Å². The van der Waals surface area contributed by atoms with Gasteiger partial charge in [-0.05, 0) is 58.3 Å². The lowest BCUT2D eigenvalue weighted by atomic mass is 9.90. The molecule has 2 N–H and O–H groups in total. The van der Waals surface area contributed by atoms with Gasteiger partial charge in [-0.3, -0.25) is 5.41 Å². The third-order valence-corrected chi connectivity index (χ3v) is 3.85. The van der Waals surface area contributed by atoms with Crippen molar-refractivity contribution in [3.8, 4) is 0 Å². The Morgan fingerprint density at radius 2 is 1.81 bits per heavy atom. The van der Waals surface area contributed by atoms with Gasteiger partial charge >= 0.3 is 0 Å². The Bertz CT molecular complexity index is 250. The molecule has 0 aromatic rings. The summed E-state index contributed by atoms with van der Waals surface area (Å²) in [6, 6.07) is 1.24. The second kappa shape index (κ2) is 5.43. The largest absolute Gasteiger partial charge is 0.352 e. The molecule has 4 nitrogen and oxygen atoms in total. The number of hydrogen-bond donors (Lipinski definition) is 2. The first-order valence-corrected chi connectivity index (χ1v) is 6.35. The number of nitrogens with zero attached hydrogens (tertiary/aromatic N) is 2. The third-order valence-electron chi connectivity index (χ3n) is 3.85. The lowest BCUT2D eigenvalue weighted by Crippen LogP contribution is -2.42. The van der Waals surface area contributed by atoms with Gasteiger partial charge in [0.05, 0.1) is 0 Å². The van der Waals surface area contributed by atoms with Crippen LogP contribution in [0.25, 0.3) is 0 Å². The maximum absolute atomic E-state index is 7.44. The Labute approximate surface area is 97.6 Å². The van der Waals surface area contributed by atoms with Crippen molar-refractivity contribution in [1.29, 1.82) is 5.41 Å². The van der Waals surface area contributed by atoms with Crippen molar-refractivity contribution >= 4 is 12.7 Å². The van der Waals surface area contributed by atoms with E-state index in [9.17, 15) is 0 Å². The molecule has 1 aliphatic heterocycles. The first kappa shape index (κ1) is 11.6. The maximum Gasteiger partial charge on any atom is 0.214 e. The van der Waals surface area contributed by atoms with Crippen molar-refractivity contribution in [3.63, 3.8) is 0 Å². The Morgan fingerprint density at radius 3 is 2.38 bits per heavy atom. The van der Waals surface area contributed by atoms with E-state index in [1.807, 2.05) is 0 Å². The molecule has 2 aliphatic rings. The minimum atomic E-state index is 0.227. The molecule has 0 bridgehead atoms. The zero-order valence-corrected chi connectivity index (χ0v) is 9.91. The first-order chi connectivity index (χ1) is 7.79. The van der Waals surface area contributed by atoms with Crippen molar-refractivity contribution in [2.75, 3.05) is 13.1 Å². The number of hydrogen-bond acceptors (Lipinski definition) is 2. The topological polar surface area (TPSA) is 51.5 Å². The average molecular weight is 222 g/mol.